The van der Waals surface area contributed by atoms with Gasteiger partial charge in [-0.1, -0.05) is 42.5 Å². The Labute approximate surface area is 118 Å². The minimum atomic E-state index is -4.67. The maximum atomic E-state index is 13.1. The van der Waals surface area contributed by atoms with Gasteiger partial charge >= 0.3 is 12.1 Å². The minimum absolute atomic E-state index is 0.368. The number of rotatable bonds is 1. The molecule has 1 aromatic carbocycles. The molecular weight excluding hydrogens is 285 g/mol. The summed E-state index contributed by atoms with van der Waals surface area (Å²) in [6.07, 6.45) is -3.07. The summed E-state index contributed by atoms with van der Waals surface area (Å²) in [6, 6.07) is 7.00. The van der Waals surface area contributed by atoms with Crippen molar-refractivity contribution in [1.82, 2.24) is 0 Å². The monoisotopic (exact) mass is 296 g/mol. The number of aliphatic carboxylic acids is 1. The second-order valence-electron chi connectivity index (χ2n) is 4.95. The summed E-state index contributed by atoms with van der Waals surface area (Å²) < 4.78 is 44.4. The van der Waals surface area contributed by atoms with Crippen molar-refractivity contribution in [2.75, 3.05) is 0 Å². The maximum absolute atomic E-state index is 13.1. The summed E-state index contributed by atoms with van der Waals surface area (Å²) in [7, 11) is 0. The summed E-state index contributed by atoms with van der Waals surface area (Å²) in [5, 5.41) is 8.98. The van der Waals surface area contributed by atoms with E-state index in [4.69, 9.17) is 9.84 Å². The van der Waals surface area contributed by atoms with Gasteiger partial charge < -0.3 is 9.84 Å². The number of carboxylic acids is 1. The zero-order valence-corrected chi connectivity index (χ0v) is 10.7. The molecular formula is C15H11F3O3. The molecule has 0 radical (unpaired) electrons. The molecule has 0 spiro atoms. The van der Waals surface area contributed by atoms with Crippen molar-refractivity contribution < 1.29 is 27.8 Å². The first kappa shape index (κ1) is 13.9. The van der Waals surface area contributed by atoms with Crippen LogP contribution in [0.25, 0.3) is 11.6 Å². The van der Waals surface area contributed by atoms with E-state index >= 15 is 0 Å². The van der Waals surface area contributed by atoms with Crippen LogP contribution in [0.3, 0.4) is 0 Å². The van der Waals surface area contributed by atoms with Crippen molar-refractivity contribution in [3.05, 3.63) is 47.5 Å². The first-order chi connectivity index (χ1) is 9.88. The lowest BCUT2D eigenvalue weighted by atomic mass is 9.84. The van der Waals surface area contributed by atoms with E-state index in [1.54, 1.807) is 36.4 Å². The van der Waals surface area contributed by atoms with Crippen molar-refractivity contribution in [2.45, 2.75) is 18.4 Å². The third-order valence-corrected chi connectivity index (χ3v) is 3.63. The van der Waals surface area contributed by atoms with E-state index in [-0.39, 0.29) is 0 Å². The van der Waals surface area contributed by atoms with Crippen LogP contribution < -0.4 is 0 Å². The lowest BCUT2D eigenvalue weighted by Crippen LogP contribution is -2.45. The molecule has 3 unspecified atom stereocenters. The van der Waals surface area contributed by atoms with Crippen molar-refractivity contribution in [3.8, 4) is 0 Å². The van der Waals surface area contributed by atoms with E-state index in [1.807, 2.05) is 0 Å². The van der Waals surface area contributed by atoms with Crippen LogP contribution in [-0.2, 0) is 9.53 Å². The van der Waals surface area contributed by atoms with E-state index in [1.165, 1.54) is 0 Å². The van der Waals surface area contributed by atoms with Crippen molar-refractivity contribution in [1.29, 1.82) is 0 Å². The van der Waals surface area contributed by atoms with Crippen molar-refractivity contribution >= 4 is 17.6 Å². The zero-order chi connectivity index (χ0) is 15.2. The molecule has 21 heavy (non-hydrogen) atoms. The number of alkyl halides is 3. The van der Waals surface area contributed by atoms with Gasteiger partial charge in [-0.2, -0.15) is 13.2 Å². The Hall–Kier alpha value is -2.08. The average molecular weight is 296 g/mol. The molecule has 6 heteroatoms. The molecule has 3 rings (SSSR count). The van der Waals surface area contributed by atoms with Crippen LogP contribution in [-0.4, -0.2) is 29.5 Å². The van der Waals surface area contributed by atoms with Gasteiger partial charge in [-0.3, -0.25) is 0 Å². The van der Waals surface area contributed by atoms with Gasteiger partial charge in [0.2, 0.25) is 0 Å². The molecule has 3 nitrogen and oxygen atoms in total. The number of fused-ring (bicyclic) bond motifs is 3. The number of benzene rings is 1. The summed E-state index contributed by atoms with van der Waals surface area (Å²) in [6.45, 7) is 0. The van der Waals surface area contributed by atoms with Crippen LogP contribution in [0.5, 0.6) is 0 Å². The molecule has 1 heterocycles. The quantitative estimate of drug-likeness (QED) is 0.866. The standard InChI is InChI=1S/C15H11F3O3/c16-15(17,18)11-7-10-9-4-2-1-3-8(9)5-6-12(10)21-13(11)14(19)20/h1-7,11-13H,(H,19,20). The second kappa shape index (κ2) is 4.73. The zero-order valence-electron chi connectivity index (χ0n) is 10.7. The highest BCUT2D eigenvalue weighted by Crippen LogP contribution is 2.42. The highest BCUT2D eigenvalue weighted by molar-refractivity contribution is 5.84. The Morgan fingerprint density at radius 2 is 1.95 bits per heavy atom. The number of hydrogen-bond donors (Lipinski definition) is 1. The number of carbonyl (C=O) groups is 1. The van der Waals surface area contributed by atoms with Gasteiger partial charge in [-0.25, -0.2) is 4.79 Å². The normalized spacial score (nSPS) is 27.6. The van der Waals surface area contributed by atoms with E-state index < -0.39 is 30.3 Å². The molecule has 3 atom stereocenters. The fraction of sp³-hybridized carbons (Fsp3) is 0.267. The van der Waals surface area contributed by atoms with Crippen LogP contribution in [0.4, 0.5) is 13.2 Å². The van der Waals surface area contributed by atoms with E-state index in [9.17, 15) is 18.0 Å². The van der Waals surface area contributed by atoms with Gasteiger partial charge in [0.25, 0.3) is 0 Å². The molecule has 1 aliphatic carbocycles. The smallest absolute Gasteiger partial charge is 0.398 e. The predicted molar refractivity (Wildman–Crippen MR) is 69.3 cm³/mol. The fourth-order valence-electron chi connectivity index (χ4n) is 2.66. The largest absolute Gasteiger partial charge is 0.479 e. The Kier molecular flexibility index (Phi) is 3.13. The Morgan fingerprint density at radius 1 is 1.24 bits per heavy atom. The molecule has 0 aromatic heterocycles. The van der Waals surface area contributed by atoms with Crippen LogP contribution in [0, 0.1) is 5.92 Å². The van der Waals surface area contributed by atoms with Crippen molar-refractivity contribution in [3.63, 3.8) is 0 Å². The first-order valence-electron chi connectivity index (χ1n) is 6.32. The average Bonchev–Trinajstić information content (AvgIpc) is 2.44. The summed E-state index contributed by atoms with van der Waals surface area (Å²) >= 11 is 0. The van der Waals surface area contributed by atoms with Crippen LogP contribution >= 0.6 is 0 Å². The number of halogens is 3. The SMILES string of the molecule is O=C(O)C1OC2C=Cc3ccccc3C2=CC1C(F)(F)F. The highest BCUT2D eigenvalue weighted by Gasteiger charge is 2.51. The van der Waals surface area contributed by atoms with Gasteiger partial charge in [-0.15, -0.1) is 0 Å². The van der Waals surface area contributed by atoms with Gasteiger partial charge in [-0.05, 0) is 16.7 Å². The topological polar surface area (TPSA) is 46.5 Å². The molecule has 0 saturated heterocycles. The highest BCUT2D eigenvalue weighted by atomic mass is 19.4. The third kappa shape index (κ3) is 2.35. The van der Waals surface area contributed by atoms with E-state index in [0.717, 1.165) is 11.6 Å². The molecule has 0 fully saturated rings. The summed E-state index contributed by atoms with van der Waals surface area (Å²) in [5.41, 5.74) is 1.80. The van der Waals surface area contributed by atoms with Crippen LogP contribution in [0.15, 0.2) is 36.4 Å². The predicted octanol–water partition coefficient (Wildman–Crippen LogP) is 3.13. The van der Waals surface area contributed by atoms with Crippen LogP contribution in [0.1, 0.15) is 11.1 Å². The van der Waals surface area contributed by atoms with Crippen LogP contribution in [0.2, 0.25) is 0 Å². The van der Waals surface area contributed by atoms with Gasteiger partial charge in [0.15, 0.2) is 6.10 Å². The molecule has 0 saturated carbocycles. The summed E-state index contributed by atoms with van der Waals surface area (Å²) in [5.74, 6) is -3.76. The molecule has 2 aliphatic rings. The lowest BCUT2D eigenvalue weighted by molar-refractivity contribution is -0.206. The minimum Gasteiger partial charge on any atom is -0.479 e. The Balaban J connectivity index is 2.11. The number of ether oxygens (including phenoxy) is 1. The maximum Gasteiger partial charge on any atom is 0.398 e. The van der Waals surface area contributed by atoms with Gasteiger partial charge in [0, 0.05) is 0 Å². The number of hydrogen-bond acceptors (Lipinski definition) is 2. The molecule has 1 aliphatic heterocycles. The van der Waals surface area contributed by atoms with Gasteiger partial charge in [0.05, 0.1) is 0 Å². The number of carboxylic acid groups (broad SMARTS) is 1. The second-order valence-corrected chi connectivity index (χ2v) is 4.95. The first-order valence-corrected chi connectivity index (χ1v) is 6.32. The Morgan fingerprint density at radius 3 is 2.62 bits per heavy atom. The summed E-state index contributed by atoms with van der Waals surface area (Å²) in [4.78, 5) is 11.1. The Bertz CT molecular complexity index is 646. The molecule has 0 amide bonds. The lowest BCUT2D eigenvalue weighted by Gasteiger charge is -2.35. The molecule has 1 aromatic rings. The molecule has 0 bridgehead atoms. The van der Waals surface area contributed by atoms with E-state index in [2.05, 4.69) is 0 Å². The van der Waals surface area contributed by atoms with E-state index in [0.29, 0.717) is 11.1 Å². The fourth-order valence-corrected chi connectivity index (χ4v) is 2.66. The molecule has 1 N–H and O–H groups in total. The van der Waals surface area contributed by atoms with Gasteiger partial charge in [0.1, 0.15) is 12.0 Å². The van der Waals surface area contributed by atoms with Crippen molar-refractivity contribution in [2.24, 2.45) is 5.92 Å². The molecule has 110 valence electrons. The third-order valence-electron chi connectivity index (χ3n) is 3.63.